The number of nitrogens with one attached hydrogen (secondary N) is 2. The number of aryl methyl sites for hydroxylation is 1. The van der Waals surface area contributed by atoms with Crippen LogP contribution in [0, 0.1) is 6.92 Å². The van der Waals surface area contributed by atoms with Crippen LogP contribution in [0.25, 0.3) is 0 Å². The summed E-state index contributed by atoms with van der Waals surface area (Å²) in [6.45, 7) is 1.74. The van der Waals surface area contributed by atoms with E-state index in [0.29, 0.717) is 22.7 Å². The van der Waals surface area contributed by atoms with Crippen LogP contribution in [0.15, 0.2) is 41.3 Å². The highest BCUT2D eigenvalue weighted by atomic mass is 32.2. The van der Waals surface area contributed by atoms with Crippen LogP contribution in [0.1, 0.15) is 15.9 Å². The molecule has 2 aromatic rings. The normalized spacial score (nSPS) is 11.0. The maximum absolute atomic E-state index is 12.6. The topological polar surface area (TPSA) is 93.7 Å². The van der Waals surface area contributed by atoms with E-state index in [9.17, 15) is 13.2 Å². The largest absolute Gasteiger partial charge is 0.493 e. The number of sulfonamides is 1. The molecular formula is C17H20N2O5S. The predicted molar refractivity (Wildman–Crippen MR) is 94.9 cm³/mol. The van der Waals surface area contributed by atoms with Crippen molar-refractivity contribution in [3.05, 3.63) is 47.5 Å². The predicted octanol–water partition coefficient (Wildman–Crippen LogP) is 2.17. The molecular weight excluding hydrogens is 344 g/mol. The smallest absolute Gasteiger partial charge is 0.255 e. The number of ether oxygens (including phenoxy) is 2. The fourth-order valence-electron chi connectivity index (χ4n) is 2.24. The third kappa shape index (κ3) is 4.09. The fraction of sp³-hybridized carbons (Fsp3) is 0.235. The Labute approximate surface area is 147 Å². The third-order valence-electron chi connectivity index (χ3n) is 3.67. The number of hydrogen-bond donors (Lipinski definition) is 2. The van der Waals surface area contributed by atoms with Crippen LogP contribution in [-0.2, 0) is 10.0 Å². The lowest BCUT2D eigenvalue weighted by atomic mass is 10.1. The molecule has 0 heterocycles. The second kappa shape index (κ2) is 7.54. The van der Waals surface area contributed by atoms with Crippen LogP contribution in [0.3, 0.4) is 0 Å². The number of carbonyl (C=O) groups excluding carboxylic acids is 1. The van der Waals surface area contributed by atoms with Gasteiger partial charge < -0.3 is 14.8 Å². The zero-order valence-electron chi connectivity index (χ0n) is 14.4. The Morgan fingerprint density at radius 2 is 1.68 bits per heavy atom. The van der Waals surface area contributed by atoms with Gasteiger partial charge in [-0.3, -0.25) is 4.79 Å². The minimum absolute atomic E-state index is 0.0260. The molecule has 0 fully saturated rings. The molecule has 0 aromatic heterocycles. The summed E-state index contributed by atoms with van der Waals surface area (Å²) < 4.78 is 36.4. The Hall–Kier alpha value is -2.58. The van der Waals surface area contributed by atoms with E-state index >= 15 is 0 Å². The zero-order chi connectivity index (χ0) is 18.6. The molecule has 0 bridgehead atoms. The summed E-state index contributed by atoms with van der Waals surface area (Å²) in [5.41, 5.74) is 1.43. The Kier molecular flexibility index (Phi) is 5.66. The third-order valence-corrected chi connectivity index (χ3v) is 5.09. The van der Waals surface area contributed by atoms with E-state index in [1.807, 2.05) is 0 Å². The molecule has 1 amide bonds. The molecule has 0 radical (unpaired) electrons. The van der Waals surface area contributed by atoms with E-state index in [-0.39, 0.29) is 10.5 Å². The summed E-state index contributed by atoms with van der Waals surface area (Å²) in [4.78, 5) is 12.6. The summed E-state index contributed by atoms with van der Waals surface area (Å²) >= 11 is 0. The Balaban J connectivity index is 2.34. The van der Waals surface area contributed by atoms with Crippen LogP contribution in [0.2, 0.25) is 0 Å². The Morgan fingerprint density at radius 3 is 2.28 bits per heavy atom. The van der Waals surface area contributed by atoms with Crippen LogP contribution in [-0.4, -0.2) is 35.6 Å². The van der Waals surface area contributed by atoms with Gasteiger partial charge in [0.05, 0.1) is 19.1 Å². The molecule has 134 valence electrons. The number of amides is 1. The first-order chi connectivity index (χ1) is 11.8. The van der Waals surface area contributed by atoms with Crippen molar-refractivity contribution in [3.63, 3.8) is 0 Å². The van der Waals surface area contributed by atoms with Gasteiger partial charge in [0.25, 0.3) is 5.91 Å². The Bertz CT molecular complexity index is 894. The number of anilines is 1. The first-order valence-corrected chi connectivity index (χ1v) is 8.88. The van der Waals surface area contributed by atoms with Crippen LogP contribution in [0.5, 0.6) is 11.5 Å². The molecule has 0 unspecified atom stereocenters. The molecule has 0 saturated heterocycles. The number of rotatable bonds is 6. The molecule has 2 N–H and O–H groups in total. The zero-order valence-corrected chi connectivity index (χ0v) is 15.2. The van der Waals surface area contributed by atoms with E-state index in [1.165, 1.54) is 33.4 Å². The summed E-state index contributed by atoms with van der Waals surface area (Å²) in [5.74, 6) is 0.597. The Morgan fingerprint density at radius 1 is 1.00 bits per heavy atom. The number of carbonyl (C=O) groups is 1. The minimum atomic E-state index is -3.63. The van der Waals surface area contributed by atoms with Gasteiger partial charge in [-0.2, -0.15) is 0 Å². The maximum Gasteiger partial charge on any atom is 0.255 e. The SMILES string of the molecule is CNS(=O)(=O)c1ccc(C)c(C(=O)Nc2ccc(OC)c(OC)c2)c1. The van der Waals surface area contributed by atoms with Crippen LogP contribution in [0.4, 0.5) is 5.69 Å². The first kappa shape index (κ1) is 18.8. The average Bonchev–Trinajstić information content (AvgIpc) is 2.61. The van der Waals surface area contributed by atoms with Crippen molar-refractivity contribution in [3.8, 4) is 11.5 Å². The lowest BCUT2D eigenvalue weighted by Crippen LogP contribution is -2.20. The number of hydrogen-bond acceptors (Lipinski definition) is 5. The molecule has 8 heteroatoms. The van der Waals surface area contributed by atoms with Gasteiger partial charge in [0.1, 0.15) is 0 Å². The van der Waals surface area contributed by atoms with Crippen molar-refractivity contribution >= 4 is 21.6 Å². The molecule has 0 saturated carbocycles. The van der Waals surface area contributed by atoms with E-state index in [2.05, 4.69) is 10.0 Å². The average molecular weight is 364 g/mol. The van der Waals surface area contributed by atoms with Crippen molar-refractivity contribution in [1.29, 1.82) is 0 Å². The molecule has 7 nitrogen and oxygen atoms in total. The summed E-state index contributed by atoms with van der Waals surface area (Å²) in [7, 11) is 0.709. The van der Waals surface area contributed by atoms with Crippen molar-refractivity contribution in [2.24, 2.45) is 0 Å². The van der Waals surface area contributed by atoms with Crippen LogP contribution < -0.4 is 19.5 Å². The first-order valence-electron chi connectivity index (χ1n) is 7.40. The molecule has 0 aliphatic carbocycles. The van der Waals surface area contributed by atoms with E-state index < -0.39 is 15.9 Å². The fourth-order valence-corrected chi connectivity index (χ4v) is 3.00. The second-order valence-electron chi connectivity index (χ2n) is 5.21. The highest BCUT2D eigenvalue weighted by Crippen LogP contribution is 2.30. The van der Waals surface area contributed by atoms with E-state index in [4.69, 9.17) is 9.47 Å². The molecule has 0 atom stereocenters. The molecule has 25 heavy (non-hydrogen) atoms. The monoisotopic (exact) mass is 364 g/mol. The molecule has 0 aliphatic rings. The quantitative estimate of drug-likeness (QED) is 0.819. The van der Waals surface area contributed by atoms with E-state index in [0.717, 1.165) is 0 Å². The summed E-state index contributed by atoms with van der Waals surface area (Å²) in [6.07, 6.45) is 0. The van der Waals surface area contributed by atoms with Gasteiger partial charge >= 0.3 is 0 Å². The number of benzene rings is 2. The number of methoxy groups -OCH3 is 2. The highest BCUT2D eigenvalue weighted by molar-refractivity contribution is 7.89. The second-order valence-corrected chi connectivity index (χ2v) is 7.09. The van der Waals surface area contributed by atoms with Crippen molar-refractivity contribution in [1.82, 2.24) is 4.72 Å². The standard InChI is InChI=1S/C17H20N2O5S/c1-11-5-7-13(25(21,22)18-2)10-14(11)17(20)19-12-6-8-15(23-3)16(9-12)24-4/h5-10,18H,1-4H3,(H,19,20). The molecule has 2 rings (SSSR count). The van der Waals surface area contributed by atoms with Crippen LogP contribution >= 0.6 is 0 Å². The van der Waals surface area contributed by atoms with Gasteiger partial charge in [-0.05, 0) is 43.8 Å². The van der Waals surface area contributed by atoms with Gasteiger partial charge in [0.15, 0.2) is 11.5 Å². The van der Waals surface area contributed by atoms with Crippen molar-refractivity contribution in [2.45, 2.75) is 11.8 Å². The van der Waals surface area contributed by atoms with Crippen molar-refractivity contribution in [2.75, 3.05) is 26.6 Å². The minimum Gasteiger partial charge on any atom is -0.493 e. The van der Waals surface area contributed by atoms with Gasteiger partial charge in [-0.15, -0.1) is 0 Å². The highest BCUT2D eigenvalue weighted by Gasteiger charge is 2.17. The van der Waals surface area contributed by atoms with Gasteiger partial charge in [-0.1, -0.05) is 6.07 Å². The van der Waals surface area contributed by atoms with Gasteiger partial charge in [-0.25, -0.2) is 13.1 Å². The lowest BCUT2D eigenvalue weighted by molar-refractivity contribution is 0.102. The lowest BCUT2D eigenvalue weighted by Gasteiger charge is -2.12. The molecule has 0 spiro atoms. The summed E-state index contributed by atoms with van der Waals surface area (Å²) in [6, 6.07) is 9.35. The van der Waals surface area contributed by atoms with E-state index in [1.54, 1.807) is 31.2 Å². The molecule has 2 aromatic carbocycles. The summed E-state index contributed by atoms with van der Waals surface area (Å²) in [5, 5.41) is 2.73. The van der Waals surface area contributed by atoms with Gasteiger partial charge in [0.2, 0.25) is 10.0 Å². The van der Waals surface area contributed by atoms with Gasteiger partial charge in [0, 0.05) is 17.3 Å². The molecule has 0 aliphatic heterocycles. The maximum atomic E-state index is 12.6. The van der Waals surface area contributed by atoms with Crippen molar-refractivity contribution < 1.29 is 22.7 Å².